The Bertz CT molecular complexity index is 734. The molecule has 1 unspecified atom stereocenters. The molecule has 2 N–H and O–H groups in total. The summed E-state index contributed by atoms with van der Waals surface area (Å²) in [7, 11) is 0. The first-order chi connectivity index (χ1) is 11.5. The van der Waals surface area contributed by atoms with Crippen molar-refractivity contribution in [2.24, 2.45) is 0 Å². The predicted molar refractivity (Wildman–Crippen MR) is 95.5 cm³/mol. The van der Waals surface area contributed by atoms with Crippen LogP contribution in [-0.4, -0.2) is 17.9 Å². The molecule has 126 valence electrons. The maximum atomic E-state index is 12.4. The Balaban J connectivity index is 2.05. The second-order valence-corrected chi connectivity index (χ2v) is 5.66. The molecular formula is C18H19ClN2O3. The normalized spacial score (nSPS) is 11.5. The van der Waals surface area contributed by atoms with Gasteiger partial charge in [-0.05, 0) is 42.8 Å². The van der Waals surface area contributed by atoms with Crippen LogP contribution >= 0.6 is 11.6 Å². The molecule has 1 atom stereocenters. The van der Waals surface area contributed by atoms with Gasteiger partial charge in [0.05, 0.1) is 0 Å². The van der Waals surface area contributed by atoms with Gasteiger partial charge in [-0.15, -0.1) is 0 Å². The van der Waals surface area contributed by atoms with Crippen LogP contribution in [0, 0.1) is 0 Å². The molecule has 0 aromatic heterocycles. The van der Waals surface area contributed by atoms with E-state index < -0.39 is 6.10 Å². The minimum atomic E-state index is -0.645. The standard InChI is InChI=1S/C18H19ClN2O3/c1-3-17(24-16-9-4-6-13(19)10-16)18(23)21-15-8-5-7-14(11-15)20-12(2)22/h4-11,17H,3H2,1-2H3,(H,20,22)(H,21,23). The molecule has 2 rings (SSSR count). The summed E-state index contributed by atoms with van der Waals surface area (Å²) in [6, 6.07) is 13.8. The SMILES string of the molecule is CCC(Oc1cccc(Cl)c1)C(=O)Nc1cccc(NC(C)=O)c1. The number of ether oxygens (including phenoxy) is 1. The lowest BCUT2D eigenvalue weighted by Crippen LogP contribution is -2.32. The Morgan fingerprint density at radius 1 is 1.08 bits per heavy atom. The number of carbonyl (C=O) groups excluding carboxylic acids is 2. The fraction of sp³-hybridized carbons (Fsp3) is 0.222. The average Bonchev–Trinajstić information content (AvgIpc) is 2.52. The first-order valence-electron chi connectivity index (χ1n) is 7.58. The topological polar surface area (TPSA) is 67.4 Å². The lowest BCUT2D eigenvalue weighted by molar-refractivity contribution is -0.122. The highest BCUT2D eigenvalue weighted by atomic mass is 35.5. The molecule has 0 radical (unpaired) electrons. The Morgan fingerprint density at radius 2 is 1.75 bits per heavy atom. The van der Waals surface area contributed by atoms with Crippen LogP contribution < -0.4 is 15.4 Å². The van der Waals surface area contributed by atoms with Crippen LogP contribution in [0.5, 0.6) is 5.75 Å². The van der Waals surface area contributed by atoms with Gasteiger partial charge in [0.1, 0.15) is 5.75 Å². The largest absolute Gasteiger partial charge is 0.481 e. The van der Waals surface area contributed by atoms with Crippen LogP contribution in [0.2, 0.25) is 5.02 Å². The number of hydrogen-bond donors (Lipinski definition) is 2. The summed E-state index contributed by atoms with van der Waals surface area (Å²) in [4.78, 5) is 23.5. The lowest BCUT2D eigenvalue weighted by atomic mass is 10.2. The number of anilines is 2. The molecule has 2 aromatic rings. The Kier molecular flexibility index (Phi) is 6.21. The minimum Gasteiger partial charge on any atom is -0.481 e. The van der Waals surface area contributed by atoms with Gasteiger partial charge in [0, 0.05) is 23.3 Å². The van der Waals surface area contributed by atoms with Crippen molar-refractivity contribution in [2.45, 2.75) is 26.4 Å². The minimum absolute atomic E-state index is 0.172. The van der Waals surface area contributed by atoms with E-state index in [-0.39, 0.29) is 11.8 Å². The van der Waals surface area contributed by atoms with Gasteiger partial charge < -0.3 is 15.4 Å². The number of amides is 2. The van der Waals surface area contributed by atoms with Crippen molar-refractivity contribution >= 4 is 34.8 Å². The molecule has 0 aliphatic heterocycles. The summed E-state index contributed by atoms with van der Waals surface area (Å²) < 4.78 is 5.71. The zero-order chi connectivity index (χ0) is 17.5. The van der Waals surface area contributed by atoms with Gasteiger partial charge in [0.2, 0.25) is 5.91 Å². The molecule has 0 spiro atoms. The summed E-state index contributed by atoms with van der Waals surface area (Å²) in [6.07, 6.45) is -0.142. The Hall–Kier alpha value is -2.53. The van der Waals surface area contributed by atoms with Gasteiger partial charge in [0.25, 0.3) is 5.91 Å². The molecular weight excluding hydrogens is 328 g/mol. The number of nitrogens with one attached hydrogen (secondary N) is 2. The molecule has 0 aliphatic rings. The smallest absolute Gasteiger partial charge is 0.265 e. The molecule has 6 heteroatoms. The first-order valence-corrected chi connectivity index (χ1v) is 7.96. The summed E-state index contributed by atoms with van der Waals surface area (Å²) in [5.41, 5.74) is 1.20. The molecule has 2 aromatic carbocycles. The molecule has 0 saturated carbocycles. The van der Waals surface area contributed by atoms with E-state index in [9.17, 15) is 9.59 Å². The Labute approximate surface area is 146 Å². The van der Waals surface area contributed by atoms with Crippen LogP contribution in [0.3, 0.4) is 0 Å². The molecule has 0 bridgehead atoms. The summed E-state index contributed by atoms with van der Waals surface area (Å²) in [5.74, 6) is 0.100. The monoisotopic (exact) mass is 346 g/mol. The number of carbonyl (C=O) groups is 2. The van der Waals surface area contributed by atoms with Crippen molar-refractivity contribution in [2.75, 3.05) is 10.6 Å². The van der Waals surface area contributed by atoms with Crippen molar-refractivity contribution in [1.29, 1.82) is 0 Å². The molecule has 0 heterocycles. The maximum Gasteiger partial charge on any atom is 0.265 e. The van der Waals surface area contributed by atoms with Gasteiger partial charge in [0.15, 0.2) is 6.10 Å². The highest BCUT2D eigenvalue weighted by Gasteiger charge is 2.18. The van der Waals surface area contributed by atoms with Crippen molar-refractivity contribution in [1.82, 2.24) is 0 Å². The van der Waals surface area contributed by atoms with Crippen molar-refractivity contribution in [3.8, 4) is 5.75 Å². The third-order valence-electron chi connectivity index (χ3n) is 3.19. The molecule has 0 saturated heterocycles. The third kappa shape index (κ3) is 5.28. The fourth-order valence-electron chi connectivity index (χ4n) is 2.13. The summed E-state index contributed by atoms with van der Waals surface area (Å²) >= 11 is 5.92. The van der Waals surface area contributed by atoms with Gasteiger partial charge in [-0.1, -0.05) is 30.7 Å². The van der Waals surface area contributed by atoms with E-state index in [1.54, 1.807) is 48.5 Å². The highest BCUT2D eigenvalue weighted by molar-refractivity contribution is 6.30. The van der Waals surface area contributed by atoms with E-state index >= 15 is 0 Å². The first kappa shape index (κ1) is 17.8. The Morgan fingerprint density at radius 3 is 2.38 bits per heavy atom. The average molecular weight is 347 g/mol. The van der Waals surface area contributed by atoms with Crippen LogP contribution in [0.15, 0.2) is 48.5 Å². The van der Waals surface area contributed by atoms with Gasteiger partial charge >= 0.3 is 0 Å². The third-order valence-corrected chi connectivity index (χ3v) is 3.42. The van der Waals surface area contributed by atoms with Gasteiger partial charge in [-0.2, -0.15) is 0 Å². The van der Waals surface area contributed by atoms with E-state index in [1.165, 1.54) is 6.92 Å². The number of hydrogen-bond acceptors (Lipinski definition) is 3. The molecule has 5 nitrogen and oxygen atoms in total. The van der Waals surface area contributed by atoms with Crippen molar-refractivity contribution in [3.05, 3.63) is 53.6 Å². The summed E-state index contributed by atoms with van der Waals surface area (Å²) in [5, 5.41) is 6.01. The van der Waals surface area contributed by atoms with Crippen LogP contribution in [0.1, 0.15) is 20.3 Å². The van der Waals surface area contributed by atoms with Crippen LogP contribution in [0.25, 0.3) is 0 Å². The highest BCUT2D eigenvalue weighted by Crippen LogP contribution is 2.20. The maximum absolute atomic E-state index is 12.4. The zero-order valence-corrected chi connectivity index (χ0v) is 14.3. The number of halogens is 1. The second kappa shape index (κ2) is 8.36. The van der Waals surface area contributed by atoms with Crippen LogP contribution in [-0.2, 0) is 9.59 Å². The van der Waals surface area contributed by atoms with E-state index in [0.717, 1.165) is 0 Å². The molecule has 0 aliphatic carbocycles. The lowest BCUT2D eigenvalue weighted by Gasteiger charge is -2.17. The van der Waals surface area contributed by atoms with E-state index in [0.29, 0.717) is 28.6 Å². The number of benzene rings is 2. The molecule has 0 fully saturated rings. The van der Waals surface area contributed by atoms with E-state index in [1.807, 2.05) is 6.92 Å². The van der Waals surface area contributed by atoms with E-state index in [4.69, 9.17) is 16.3 Å². The molecule has 24 heavy (non-hydrogen) atoms. The zero-order valence-electron chi connectivity index (χ0n) is 13.5. The second-order valence-electron chi connectivity index (χ2n) is 5.22. The van der Waals surface area contributed by atoms with Gasteiger partial charge in [-0.3, -0.25) is 9.59 Å². The van der Waals surface area contributed by atoms with Crippen LogP contribution in [0.4, 0.5) is 11.4 Å². The van der Waals surface area contributed by atoms with Gasteiger partial charge in [-0.25, -0.2) is 0 Å². The quantitative estimate of drug-likeness (QED) is 0.827. The van der Waals surface area contributed by atoms with Crippen molar-refractivity contribution in [3.63, 3.8) is 0 Å². The molecule has 2 amide bonds. The van der Waals surface area contributed by atoms with E-state index in [2.05, 4.69) is 10.6 Å². The summed E-state index contributed by atoms with van der Waals surface area (Å²) in [6.45, 7) is 3.29. The predicted octanol–water partition coefficient (Wildman–Crippen LogP) is 4.09. The van der Waals surface area contributed by atoms with Crippen molar-refractivity contribution < 1.29 is 14.3 Å². The fourth-order valence-corrected chi connectivity index (χ4v) is 2.31. The number of rotatable bonds is 6.